The first kappa shape index (κ1) is 13.0. The topological polar surface area (TPSA) is 97.5 Å². The van der Waals surface area contributed by atoms with Gasteiger partial charge < -0.3 is 5.11 Å². The van der Waals surface area contributed by atoms with E-state index in [9.17, 15) is 13.2 Å². The van der Waals surface area contributed by atoms with E-state index < -0.39 is 20.9 Å². The maximum absolute atomic E-state index is 11.1. The van der Waals surface area contributed by atoms with Crippen LogP contribution in [0.4, 0.5) is 0 Å². The Kier molecular flexibility index (Phi) is 3.90. The van der Waals surface area contributed by atoms with Gasteiger partial charge in [0.05, 0.1) is 10.5 Å². The summed E-state index contributed by atoms with van der Waals surface area (Å²) in [5, 5.41) is 13.8. The van der Waals surface area contributed by atoms with Crippen LogP contribution < -0.4 is 5.14 Å². The highest BCUT2D eigenvalue weighted by Crippen LogP contribution is 2.17. The molecule has 1 aromatic carbocycles. The van der Waals surface area contributed by atoms with Crippen LogP contribution in [0.25, 0.3) is 0 Å². The Bertz CT molecular complexity index is 512. The fourth-order valence-electron chi connectivity index (χ4n) is 1.26. The maximum atomic E-state index is 11.1. The average Bonchev–Trinajstić information content (AvgIpc) is 2.16. The number of carboxylic acids is 1. The van der Waals surface area contributed by atoms with Gasteiger partial charge in [0.15, 0.2) is 0 Å². The lowest BCUT2D eigenvalue weighted by molar-refractivity contribution is 0.0692. The van der Waals surface area contributed by atoms with Gasteiger partial charge in [0.1, 0.15) is 0 Å². The van der Waals surface area contributed by atoms with Crippen LogP contribution in [0.15, 0.2) is 23.1 Å². The van der Waals surface area contributed by atoms with Crippen molar-refractivity contribution in [1.82, 2.24) is 0 Å². The molecule has 0 atom stereocenters. The summed E-state index contributed by atoms with van der Waals surface area (Å²) in [7, 11) is -4.02. The predicted octanol–water partition coefficient (Wildman–Crippen LogP) is 0.814. The van der Waals surface area contributed by atoms with Gasteiger partial charge in [0, 0.05) is 5.88 Å². The molecule has 0 saturated heterocycles. The Hall–Kier alpha value is -1.11. The van der Waals surface area contributed by atoms with E-state index in [2.05, 4.69) is 0 Å². The predicted molar refractivity (Wildman–Crippen MR) is 59.2 cm³/mol. The minimum Gasteiger partial charge on any atom is -0.478 e. The Morgan fingerprint density at radius 3 is 2.50 bits per heavy atom. The molecule has 0 fully saturated rings. The number of alkyl halides is 1. The van der Waals surface area contributed by atoms with Crippen molar-refractivity contribution in [3.05, 3.63) is 29.3 Å². The van der Waals surface area contributed by atoms with E-state index in [0.29, 0.717) is 17.9 Å². The van der Waals surface area contributed by atoms with Crippen LogP contribution >= 0.6 is 11.6 Å². The zero-order valence-corrected chi connectivity index (χ0v) is 9.75. The first-order valence-corrected chi connectivity index (χ1v) is 6.39. The summed E-state index contributed by atoms with van der Waals surface area (Å²) in [5.41, 5.74) is 0.324. The Morgan fingerprint density at radius 1 is 1.44 bits per heavy atom. The molecule has 0 radical (unpaired) electrons. The summed E-state index contributed by atoms with van der Waals surface area (Å²) in [5.74, 6) is -1.01. The van der Waals surface area contributed by atoms with Crippen LogP contribution in [0.1, 0.15) is 15.9 Å². The number of nitrogens with two attached hydrogens (primary N) is 1. The smallest absolute Gasteiger partial charge is 0.337 e. The van der Waals surface area contributed by atoms with Crippen LogP contribution in [0.3, 0.4) is 0 Å². The number of hydrogen-bond acceptors (Lipinski definition) is 3. The lowest BCUT2D eigenvalue weighted by atomic mass is 10.1. The van der Waals surface area contributed by atoms with Gasteiger partial charge in [-0.1, -0.05) is 6.07 Å². The molecule has 0 aliphatic heterocycles. The van der Waals surface area contributed by atoms with Crippen LogP contribution in [0.5, 0.6) is 0 Å². The molecule has 0 spiro atoms. The number of carbonyl (C=O) groups is 1. The van der Waals surface area contributed by atoms with Gasteiger partial charge in [0.2, 0.25) is 10.0 Å². The number of rotatable bonds is 4. The van der Waals surface area contributed by atoms with Crippen molar-refractivity contribution in [1.29, 1.82) is 0 Å². The van der Waals surface area contributed by atoms with E-state index in [1.54, 1.807) is 0 Å². The average molecular weight is 264 g/mol. The molecule has 7 heteroatoms. The zero-order chi connectivity index (χ0) is 12.3. The van der Waals surface area contributed by atoms with Gasteiger partial charge in [-0.3, -0.25) is 0 Å². The molecule has 0 unspecified atom stereocenters. The minimum absolute atomic E-state index is 0.327. The molecule has 1 aromatic rings. The number of sulfonamides is 1. The molecule has 0 amide bonds. The van der Waals surface area contributed by atoms with Crippen molar-refractivity contribution < 1.29 is 18.3 Å². The second-order valence-electron chi connectivity index (χ2n) is 3.12. The minimum atomic E-state index is -4.02. The third-order valence-corrected chi connectivity index (χ3v) is 3.12. The Labute approximate surface area is 97.9 Å². The molecule has 16 heavy (non-hydrogen) atoms. The second kappa shape index (κ2) is 4.82. The van der Waals surface area contributed by atoms with Crippen LogP contribution in [0, 0.1) is 0 Å². The van der Waals surface area contributed by atoms with Crippen molar-refractivity contribution in [3.8, 4) is 0 Å². The van der Waals surface area contributed by atoms with Gasteiger partial charge in [0.25, 0.3) is 0 Å². The molecule has 1 rings (SSSR count). The van der Waals surface area contributed by atoms with Gasteiger partial charge in [-0.15, -0.1) is 11.6 Å². The van der Waals surface area contributed by atoms with Gasteiger partial charge in [-0.2, -0.15) is 0 Å². The van der Waals surface area contributed by atoms with Crippen molar-refractivity contribution in [3.63, 3.8) is 0 Å². The van der Waals surface area contributed by atoms with Crippen molar-refractivity contribution >= 4 is 27.6 Å². The summed E-state index contributed by atoms with van der Waals surface area (Å²) in [6, 6.07) is 3.94. The molecule has 0 heterocycles. The van der Waals surface area contributed by atoms with E-state index in [4.69, 9.17) is 21.8 Å². The first-order chi connectivity index (χ1) is 7.36. The highest BCUT2D eigenvalue weighted by molar-refractivity contribution is 7.89. The van der Waals surface area contributed by atoms with E-state index in [1.807, 2.05) is 0 Å². The summed E-state index contributed by atoms with van der Waals surface area (Å²) in [6.07, 6.45) is 0.465. The SMILES string of the molecule is NS(=O)(=O)c1ccc(CCCl)cc1C(=O)O. The molecule has 0 aliphatic carbocycles. The van der Waals surface area contributed by atoms with E-state index >= 15 is 0 Å². The summed E-state index contributed by atoms with van der Waals surface area (Å²) in [6.45, 7) is 0. The molecule has 0 saturated carbocycles. The largest absolute Gasteiger partial charge is 0.478 e. The van der Waals surface area contributed by atoms with Crippen LogP contribution in [0.2, 0.25) is 0 Å². The molecule has 0 aromatic heterocycles. The monoisotopic (exact) mass is 263 g/mol. The highest BCUT2D eigenvalue weighted by atomic mass is 35.5. The summed E-state index contributed by atoms with van der Waals surface area (Å²) in [4.78, 5) is 10.5. The van der Waals surface area contributed by atoms with Crippen molar-refractivity contribution in [2.45, 2.75) is 11.3 Å². The van der Waals surface area contributed by atoms with Gasteiger partial charge >= 0.3 is 5.97 Å². The number of halogens is 1. The molecule has 0 aliphatic rings. The standard InChI is InChI=1S/C9H10ClNO4S/c10-4-3-6-1-2-8(16(11,14)15)7(5-6)9(12)13/h1-2,5H,3-4H2,(H,12,13)(H2,11,14,15). The number of primary sulfonamides is 1. The third-order valence-electron chi connectivity index (χ3n) is 1.96. The number of benzene rings is 1. The van der Waals surface area contributed by atoms with E-state index in [0.717, 1.165) is 0 Å². The number of carboxylic acid groups (broad SMARTS) is 1. The zero-order valence-electron chi connectivity index (χ0n) is 8.18. The second-order valence-corrected chi connectivity index (χ2v) is 5.03. The highest BCUT2D eigenvalue weighted by Gasteiger charge is 2.18. The molecular weight excluding hydrogens is 254 g/mol. The fraction of sp³-hybridized carbons (Fsp3) is 0.222. The summed E-state index contributed by atoms with van der Waals surface area (Å²) >= 11 is 5.51. The Balaban J connectivity index is 3.37. The lowest BCUT2D eigenvalue weighted by Crippen LogP contribution is -2.17. The third kappa shape index (κ3) is 2.94. The van der Waals surface area contributed by atoms with Gasteiger partial charge in [-0.05, 0) is 24.1 Å². The van der Waals surface area contributed by atoms with Crippen molar-refractivity contribution in [2.75, 3.05) is 5.88 Å². The van der Waals surface area contributed by atoms with Gasteiger partial charge in [-0.25, -0.2) is 18.4 Å². The molecular formula is C9H10ClNO4S. The normalized spacial score (nSPS) is 11.4. The first-order valence-electron chi connectivity index (χ1n) is 4.31. The van der Waals surface area contributed by atoms with E-state index in [1.165, 1.54) is 18.2 Å². The van der Waals surface area contributed by atoms with Crippen molar-refractivity contribution in [2.24, 2.45) is 5.14 Å². The molecule has 0 bridgehead atoms. The van der Waals surface area contributed by atoms with Crippen LogP contribution in [-0.2, 0) is 16.4 Å². The number of hydrogen-bond donors (Lipinski definition) is 2. The number of aryl methyl sites for hydroxylation is 1. The quantitative estimate of drug-likeness (QED) is 0.786. The fourth-order valence-corrected chi connectivity index (χ4v) is 2.19. The van der Waals surface area contributed by atoms with E-state index in [-0.39, 0.29) is 5.56 Å². The molecule has 5 nitrogen and oxygen atoms in total. The molecule has 88 valence electrons. The Morgan fingerprint density at radius 2 is 2.06 bits per heavy atom. The number of aromatic carboxylic acids is 1. The molecule has 3 N–H and O–H groups in total. The lowest BCUT2D eigenvalue weighted by Gasteiger charge is -2.06. The maximum Gasteiger partial charge on any atom is 0.337 e. The summed E-state index contributed by atoms with van der Waals surface area (Å²) < 4.78 is 22.2. The van der Waals surface area contributed by atoms with Crippen LogP contribution in [-0.4, -0.2) is 25.4 Å².